The third-order valence-electron chi connectivity index (χ3n) is 3.63. The minimum absolute atomic E-state index is 0.266. The van der Waals surface area contributed by atoms with Gasteiger partial charge in [-0.3, -0.25) is 0 Å². The maximum absolute atomic E-state index is 6.08. The van der Waals surface area contributed by atoms with Gasteiger partial charge in [0.1, 0.15) is 0 Å². The lowest BCUT2D eigenvalue weighted by molar-refractivity contribution is 0.199. The molecular formula is C15H17BrN2O3. The van der Waals surface area contributed by atoms with E-state index >= 15 is 0 Å². The number of rotatable bonds is 4. The summed E-state index contributed by atoms with van der Waals surface area (Å²) in [6.07, 6.45) is 4.90. The fraction of sp³-hybridized carbons (Fsp3) is 0.400. The highest BCUT2D eigenvalue weighted by molar-refractivity contribution is 9.10. The zero-order valence-corrected chi connectivity index (χ0v) is 13.4. The van der Waals surface area contributed by atoms with Crippen LogP contribution in [0.25, 0.3) is 11.3 Å². The van der Waals surface area contributed by atoms with E-state index in [0.29, 0.717) is 17.3 Å². The summed E-state index contributed by atoms with van der Waals surface area (Å²) in [5.74, 6) is 2.35. The molecule has 2 aromatic rings. The highest BCUT2D eigenvalue weighted by Gasteiger charge is 2.21. The van der Waals surface area contributed by atoms with E-state index in [9.17, 15) is 0 Å². The molecule has 112 valence electrons. The molecule has 0 saturated heterocycles. The summed E-state index contributed by atoms with van der Waals surface area (Å²) >= 11 is 3.55. The predicted octanol–water partition coefficient (Wildman–Crippen LogP) is 4.02. The molecule has 1 fully saturated rings. The molecule has 1 aliphatic carbocycles. The first-order valence-electron chi connectivity index (χ1n) is 6.94. The van der Waals surface area contributed by atoms with Crippen LogP contribution in [0.2, 0.25) is 0 Å². The van der Waals surface area contributed by atoms with Crippen molar-refractivity contribution in [1.29, 1.82) is 0 Å². The lowest BCUT2D eigenvalue weighted by Crippen LogP contribution is -2.12. The maximum atomic E-state index is 6.08. The third-order valence-corrected chi connectivity index (χ3v) is 4.22. The van der Waals surface area contributed by atoms with E-state index in [2.05, 4.69) is 21.1 Å². The Bertz CT molecular complexity index is 636. The van der Waals surface area contributed by atoms with Crippen LogP contribution in [0.3, 0.4) is 0 Å². The molecule has 2 N–H and O–H groups in total. The summed E-state index contributed by atoms with van der Waals surface area (Å²) in [6, 6.07) is 5.47. The molecule has 1 aliphatic rings. The van der Waals surface area contributed by atoms with Gasteiger partial charge in [-0.05, 0) is 53.7 Å². The summed E-state index contributed by atoms with van der Waals surface area (Å²) in [6.45, 7) is 0. The molecule has 1 aromatic heterocycles. The zero-order chi connectivity index (χ0) is 14.8. The Hall–Kier alpha value is -1.69. The maximum Gasteiger partial charge on any atom is 0.175 e. The van der Waals surface area contributed by atoms with E-state index in [-0.39, 0.29) is 6.10 Å². The van der Waals surface area contributed by atoms with E-state index in [1.165, 1.54) is 12.8 Å². The zero-order valence-electron chi connectivity index (χ0n) is 11.8. The van der Waals surface area contributed by atoms with E-state index in [4.69, 9.17) is 19.7 Å². The number of nitrogens with two attached hydrogens (primary N) is 1. The van der Waals surface area contributed by atoms with Crippen molar-refractivity contribution in [3.8, 4) is 22.8 Å². The Morgan fingerprint density at radius 2 is 2.05 bits per heavy atom. The number of halogens is 1. The molecule has 0 atom stereocenters. The molecule has 0 amide bonds. The van der Waals surface area contributed by atoms with Crippen molar-refractivity contribution in [2.45, 2.75) is 31.8 Å². The van der Waals surface area contributed by atoms with Gasteiger partial charge in [-0.1, -0.05) is 5.16 Å². The number of nitrogen functional groups attached to an aromatic ring is 1. The van der Waals surface area contributed by atoms with E-state index in [1.54, 1.807) is 13.2 Å². The Balaban J connectivity index is 1.94. The lowest BCUT2D eigenvalue weighted by Gasteiger charge is -2.18. The molecule has 1 heterocycles. The molecule has 0 unspecified atom stereocenters. The standard InChI is InChI=1S/C15H17BrN2O3/c1-19-13-7-9(12-8-14(17)18-21-12)6-11(16)15(13)20-10-4-2-3-5-10/h6-8,10H,2-5H2,1H3,(H2,17,18). The van der Waals surface area contributed by atoms with Crippen LogP contribution >= 0.6 is 15.9 Å². The van der Waals surface area contributed by atoms with Gasteiger partial charge in [-0.15, -0.1) is 0 Å². The van der Waals surface area contributed by atoms with Gasteiger partial charge in [0.2, 0.25) is 0 Å². The normalized spacial score (nSPS) is 15.3. The van der Waals surface area contributed by atoms with Crippen LogP contribution < -0.4 is 15.2 Å². The van der Waals surface area contributed by atoms with E-state index in [0.717, 1.165) is 28.6 Å². The molecule has 6 heteroatoms. The van der Waals surface area contributed by atoms with Crippen LogP contribution in [0.5, 0.6) is 11.5 Å². The smallest absolute Gasteiger partial charge is 0.175 e. The van der Waals surface area contributed by atoms with Crippen LogP contribution in [0.15, 0.2) is 27.2 Å². The molecule has 5 nitrogen and oxygen atoms in total. The number of ether oxygens (including phenoxy) is 2. The molecule has 0 bridgehead atoms. The predicted molar refractivity (Wildman–Crippen MR) is 83.5 cm³/mol. The summed E-state index contributed by atoms with van der Waals surface area (Å²) < 4.78 is 17.6. The molecule has 0 radical (unpaired) electrons. The van der Waals surface area contributed by atoms with Crippen LogP contribution in [-0.2, 0) is 0 Å². The minimum Gasteiger partial charge on any atom is -0.493 e. The fourth-order valence-corrected chi connectivity index (χ4v) is 3.11. The van der Waals surface area contributed by atoms with Gasteiger partial charge >= 0.3 is 0 Å². The second kappa shape index (κ2) is 5.97. The van der Waals surface area contributed by atoms with Gasteiger partial charge < -0.3 is 19.7 Å². The topological polar surface area (TPSA) is 70.5 Å². The largest absolute Gasteiger partial charge is 0.493 e. The van der Waals surface area contributed by atoms with Crippen molar-refractivity contribution >= 4 is 21.7 Å². The van der Waals surface area contributed by atoms with Gasteiger partial charge in [0, 0.05) is 11.6 Å². The van der Waals surface area contributed by atoms with Gasteiger partial charge in [0.05, 0.1) is 17.7 Å². The van der Waals surface area contributed by atoms with Crippen LogP contribution in [0.4, 0.5) is 5.82 Å². The first kappa shape index (κ1) is 14.3. The fourth-order valence-electron chi connectivity index (χ4n) is 2.57. The number of anilines is 1. The SMILES string of the molecule is COc1cc(-c2cc(N)no2)cc(Br)c1OC1CCCC1. The molecule has 0 spiro atoms. The second-order valence-corrected chi connectivity index (χ2v) is 5.98. The molecule has 1 aromatic carbocycles. The van der Waals surface area contributed by atoms with Crippen molar-refractivity contribution in [3.05, 3.63) is 22.7 Å². The summed E-state index contributed by atoms with van der Waals surface area (Å²) in [5, 5.41) is 3.70. The van der Waals surface area contributed by atoms with Crippen LogP contribution in [0.1, 0.15) is 25.7 Å². The van der Waals surface area contributed by atoms with Gasteiger partial charge in [-0.25, -0.2) is 0 Å². The van der Waals surface area contributed by atoms with Crippen molar-refractivity contribution in [2.75, 3.05) is 12.8 Å². The van der Waals surface area contributed by atoms with Crippen molar-refractivity contribution in [3.63, 3.8) is 0 Å². The quantitative estimate of drug-likeness (QED) is 0.899. The first-order valence-corrected chi connectivity index (χ1v) is 7.73. The average molecular weight is 353 g/mol. The monoisotopic (exact) mass is 352 g/mol. The Morgan fingerprint density at radius 1 is 1.29 bits per heavy atom. The molecule has 1 saturated carbocycles. The minimum atomic E-state index is 0.266. The number of hydrogen-bond donors (Lipinski definition) is 1. The molecule has 0 aliphatic heterocycles. The van der Waals surface area contributed by atoms with Gasteiger partial charge in [0.15, 0.2) is 23.1 Å². The first-order chi connectivity index (χ1) is 10.2. The lowest BCUT2D eigenvalue weighted by atomic mass is 10.1. The van der Waals surface area contributed by atoms with Crippen LogP contribution in [-0.4, -0.2) is 18.4 Å². The average Bonchev–Trinajstić information content (AvgIpc) is 3.12. The second-order valence-electron chi connectivity index (χ2n) is 5.13. The van der Waals surface area contributed by atoms with Crippen molar-refractivity contribution in [2.24, 2.45) is 0 Å². The number of benzene rings is 1. The van der Waals surface area contributed by atoms with Gasteiger partial charge in [-0.2, -0.15) is 0 Å². The Morgan fingerprint density at radius 3 is 2.67 bits per heavy atom. The Kier molecular flexibility index (Phi) is 4.05. The van der Waals surface area contributed by atoms with E-state index in [1.807, 2.05) is 12.1 Å². The third kappa shape index (κ3) is 3.00. The summed E-state index contributed by atoms with van der Waals surface area (Å²) in [7, 11) is 1.63. The number of aromatic nitrogens is 1. The number of hydrogen-bond acceptors (Lipinski definition) is 5. The summed E-state index contributed by atoms with van der Waals surface area (Å²) in [5.41, 5.74) is 6.43. The number of methoxy groups -OCH3 is 1. The Labute approximate surface area is 131 Å². The molecule has 21 heavy (non-hydrogen) atoms. The van der Waals surface area contributed by atoms with Crippen molar-refractivity contribution in [1.82, 2.24) is 5.16 Å². The van der Waals surface area contributed by atoms with E-state index < -0.39 is 0 Å². The van der Waals surface area contributed by atoms with Crippen molar-refractivity contribution < 1.29 is 14.0 Å². The molecular weight excluding hydrogens is 336 g/mol. The highest BCUT2D eigenvalue weighted by atomic mass is 79.9. The highest BCUT2D eigenvalue weighted by Crippen LogP contribution is 2.41. The summed E-state index contributed by atoms with van der Waals surface area (Å²) in [4.78, 5) is 0. The van der Waals surface area contributed by atoms with Crippen LogP contribution in [0, 0.1) is 0 Å². The van der Waals surface area contributed by atoms with Gasteiger partial charge in [0.25, 0.3) is 0 Å². The molecule has 3 rings (SSSR count). The number of nitrogens with zero attached hydrogens (tertiary/aromatic N) is 1.